The van der Waals surface area contributed by atoms with E-state index in [1.165, 1.54) is 0 Å². The van der Waals surface area contributed by atoms with Crippen LogP contribution in [0.15, 0.2) is 0 Å². The topological polar surface area (TPSA) is 64.3 Å². The Labute approximate surface area is 97.9 Å². The molecular formula is C12H24N2O2. The second-order valence-electron chi connectivity index (χ2n) is 5.75. The number of nitrogens with one attached hydrogen (secondary N) is 1. The van der Waals surface area contributed by atoms with Crippen molar-refractivity contribution in [3.05, 3.63) is 0 Å². The van der Waals surface area contributed by atoms with Gasteiger partial charge in [-0.3, -0.25) is 4.79 Å². The molecule has 1 saturated heterocycles. The van der Waals surface area contributed by atoms with Gasteiger partial charge in [-0.1, -0.05) is 6.92 Å². The molecule has 1 fully saturated rings. The third-order valence-corrected chi connectivity index (χ3v) is 3.35. The van der Waals surface area contributed by atoms with Crippen LogP contribution in [0.2, 0.25) is 0 Å². The highest BCUT2D eigenvalue weighted by molar-refractivity contribution is 5.87. The van der Waals surface area contributed by atoms with Crippen LogP contribution in [0.25, 0.3) is 0 Å². The normalized spacial score (nSPS) is 31.6. The summed E-state index contributed by atoms with van der Waals surface area (Å²) in [6.45, 7) is 10.7. The lowest BCUT2D eigenvalue weighted by Crippen LogP contribution is -2.65. The first-order valence-electron chi connectivity index (χ1n) is 5.92. The van der Waals surface area contributed by atoms with Crippen LogP contribution in [0.5, 0.6) is 0 Å². The molecule has 16 heavy (non-hydrogen) atoms. The third kappa shape index (κ3) is 2.09. The smallest absolute Gasteiger partial charge is 0.240 e. The van der Waals surface area contributed by atoms with Gasteiger partial charge in [0.05, 0.1) is 11.2 Å². The van der Waals surface area contributed by atoms with E-state index < -0.39 is 11.1 Å². The summed E-state index contributed by atoms with van der Waals surface area (Å²) in [6.07, 6.45) is 1.58. The van der Waals surface area contributed by atoms with E-state index in [1.807, 2.05) is 27.7 Å². The minimum atomic E-state index is -0.757. The number of ether oxygens (including phenoxy) is 1. The molecule has 0 aromatic carbocycles. The molecule has 3 N–H and O–H groups in total. The van der Waals surface area contributed by atoms with Crippen molar-refractivity contribution < 1.29 is 9.53 Å². The zero-order chi connectivity index (χ0) is 12.6. The number of nitrogens with two attached hydrogens (primary N) is 1. The Hall–Kier alpha value is -0.610. The fourth-order valence-electron chi connectivity index (χ4n) is 2.75. The lowest BCUT2D eigenvalue weighted by molar-refractivity contribution is -0.133. The van der Waals surface area contributed by atoms with Crippen LogP contribution in [-0.4, -0.2) is 29.2 Å². The van der Waals surface area contributed by atoms with Crippen LogP contribution in [0.3, 0.4) is 0 Å². The van der Waals surface area contributed by atoms with Gasteiger partial charge < -0.3 is 15.8 Å². The number of hydrogen-bond donors (Lipinski definition) is 2. The molecule has 1 atom stereocenters. The van der Waals surface area contributed by atoms with Crippen molar-refractivity contribution in [2.24, 2.45) is 5.73 Å². The van der Waals surface area contributed by atoms with E-state index in [-0.39, 0.29) is 11.5 Å². The Morgan fingerprint density at radius 2 is 1.94 bits per heavy atom. The Morgan fingerprint density at radius 3 is 2.25 bits per heavy atom. The second-order valence-corrected chi connectivity index (χ2v) is 5.75. The van der Waals surface area contributed by atoms with Gasteiger partial charge in [-0.25, -0.2) is 0 Å². The van der Waals surface area contributed by atoms with Crippen molar-refractivity contribution >= 4 is 5.91 Å². The summed E-state index contributed by atoms with van der Waals surface area (Å²) >= 11 is 0. The van der Waals surface area contributed by atoms with Crippen molar-refractivity contribution in [2.75, 3.05) is 6.54 Å². The first-order valence-corrected chi connectivity index (χ1v) is 5.92. The number of hydrogen-bond acceptors (Lipinski definition) is 3. The van der Waals surface area contributed by atoms with Crippen LogP contribution >= 0.6 is 0 Å². The molecule has 1 amide bonds. The Bertz CT molecular complexity index is 287. The number of rotatable bonds is 4. The zero-order valence-electron chi connectivity index (χ0n) is 11.0. The van der Waals surface area contributed by atoms with Gasteiger partial charge in [0.15, 0.2) is 0 Å². The average Bonchev–Trinajstić information content (AvgIpc) is 2.28. The summed E-state index contributed by atoms with van der Waals surface area (Å²) in [4.78, 5) is 11.8. The number of carbonyl (C=O) groups is 1. The highest BCUT2D eigenvalue weighted by Gasteiger charge is 2.60. The molecular weight excluding hydrogens is 204 g/mol. The van der Waals surface area contributed by atoms with Crippen LogP contribution in [0.1, 0.15) is 47.5 Å². The Kier molecular flexibility index (Phi) is 3.37. The molecule has 0 radical (unpaired) electrons. The first kappa shape index (κ1) is 13.5. The molecule has 0 aliphatic carbocycles. The van der Waals surface area contributed by atoms with Crippen molar-refractivity contribution in [1.29, 1.82) is 0 Å². The minimum absolute atomic E-state index is 0.320. The third-order valence-electron chi connectivity index (χ3n) is 3.35. The molecule has 4 heteroatoms. The molecule has 4 nitrogen and oxygen atoms in total. The van der Waals surface area contributed by atoms with Gasteiger partial charge in [-0.05, 0) is 40.7 Å². The summed E-state index contributed by atoms with van der Waals surface area (Å²) < 4.78 is 5.95. The average molecular weight is 228 g/mol. The number of primary amides is 1. The molecule has 1 rings (SSSR count). The van der Waals surface area contributed by atoms with E-state index in [0.717, 1.165) is 13.0 Å². The predicted octanol–water partition coefficient (Wildman–Crippen LogP) is 1.19. The van der Waals surface area contributed by atoms with Gasteiger partial charge in [0.1, 0.15) is 5.54 Å². The van der Waals surface area contributed by atoms with E-state index in [0.29, 0.717) is 6.42 Å². The van der Waals surface area contributed by atoms with E-state index >= 15 is 0 Å². The maximum Gasteiger partial charge on any atom is 0.240 e. The van der Waals surface area contributed by atoms with Gasteiger partial charge in [-0.15, -0.1) is 0 Å². The predicted molar refractivity (Wildman–Crippen MR) is 64.1 cm³/mol. The molecule has 1 aliphatic heterocycles. The van der Waals surface area contributed by atoms with Crippen molar-refractivity contribution in [3.8, 4) is 0 Å². The van der Waals surface area contributed by atoms with E-state index in [9.17, 15) is 4.79 Å². The zero-order valence-corrected chi connectivity index (χ0v) is 11.0. The molecule has 94 valence electrons. The van der Waals surface area contributed by atoms with Crippen molar-refractivity contribution in [3.63, 3.8) is 0 Å². The molecule has 0 saturated carbocycles. The molecule has 0 aromatic rings. The van der Waals surface area contributed by atoms with Crippen LogP contribution < -0.4 is 11.1 Å². The maximum absolute atomic E-state index is 11.8. The highest BCUT2D eigenvalue weighted by Crippen LogP contribution is 2.44. The van der Waals surface area contributed by atoms with E-state index in [4.69, 9.17) is 10.5 Å². The van der Waals surface area contributed by atoms with Gasteiger partial charge in [0.2, 0.25) is 5.91 Å². The van der Waals surface area contributed by atoms with E-state index in [2.05, 4.69) is 12.2 Å². The molecule has 0 bridgehead atoms. The number of amides is 1. The lowest BCUT2D eigenvalue weighted by atomic mass is 9.78. The van der Waals surface area contributed by atoms with Crippen LogP contribution in [0, 0.1) is 0 Å². The molecule has 0 aromatic heterocycles. The van der Waals surface area contributed by atoms with Crippen LogP contribution in [-0.2, 0) is 9.53 Å². The Morgan fingerprint density at radius 1 is 1.38 bits per heavy atom. The molecule has 1 heterocycles. The largest absolute Gasteiger partial charge is 0.368 e. The molecule has 1 aliphatic rings. The monoisotopic (exact) mass is 228 g/mol. The lowest BCUT2D eigenvalue weighted by Gasteiger charge is -2.37. The molecule has 1 unspecified atom stereocenters. The SMILES string of the molecule is CCCNC1(C(N)=O)CC(C)(C)OC1(C)C. The second kappa shape index (κ2) is 4.00. The molecule has 0 spiro atoms. The van der Waals surface area contributed by atoms with Crippen LogP contribution in [0.4, 0.5) is 0 Å². The standard InChI is InChI=1S/C12H24N2O2/c1-6-7-14-12(9(13)15)8-10(2,3)16-11(12,4)5/h14H,6-8H2,1-5H3,(H2,13,15). The van der Waals surface area contributed by atoms with Gasteiger partial charge in [-0.2, -0.15) is 0 Å². The fraction of sp³-hybridized carbons (Fsp3) is 0.917. The first-order chi connectivity index (χ1) is 7.17. The fourth-order valence-corrected chi connectivity index (χ4v) is 2.75. The Balaban J connectivity index is 3.05. The summed E-state index contributed by atoms with van der Waals surface area (Å²) in [7, 11) is 0. The summed E-state index contributed by atoms with van der Waals surface area (Å²) in [5, 5.41) is 3.29. The van der Waals surface area contributed by atoms with Gasteiger partial charge >= 0.3 is 0 Å². The summed E-state index contributed by atoms with van der Waals surface area (Å²) in [5.74, 6) is -0.323. The van der Waals surface area contributed by atoms with Gasteiger partial charge in [0.25, 0.3) is 0 Å². The highest BCUT2D eigenvalue weighted by atomic mass is 16.5. The van der Waals surface area contributed by atoms with Crippen molar-refractivity contribution in [1.82, 2.24) is 5.32 Å². The summed E-state index contributed by atoms with van der Waals surface area (Å²) in [5.41, 5.74) is 3.94. The van der Waals surface area contributed by atoms with E-state index in [1.54, 1.807) is 0 Å². The van der Waals surface area contributed by atoms with Crippen molar-refractivity contribution in [2.45, 2.75) is 64.2 Å². The van der Waals surface area contributed by atoms with Gasteiger partial charge in [0, 0.05) is 6.42 Å². The number of carbonyl (C=O) groups excluding carboxylic acids is 1. The summed E-state index contributed by atoms with van der Waals surface area (Å²) in [6, 6.07) is 0. The minimum Gasteiger partial charge on any atom is -0.368 e. The maximum atomic E-state index is 11.8. The quantitative estimate of drug-likeness (QED) is 0.759.